The molecule has 1 aliphatic heterocycles. The van der Waals surface area contributed by atoms with E-state index in [1.54, 1.807) is 6.07 Å². The van der Waals surface area contributed by atoms with Gasteiger partial charge in [0.2, 0.25) is 0 Å². The third kappa shape index (κ3) is 5.80. The lowest BCUT2D eigenvalue weighted by Crippen LogP contribution is -2.17. The molecule has 4 aromatic rings. The number of benzene rings is 2. The van der Waals surface area contributed by atoms with Crippen LogP contribution in [-0.4, -0.2) is 23.1 Å². The van der Waals surface area contributed by atoms with E-state index in [0.717, 1.165) is 46.6 Å². The molecule has 1 saturated carbocycles. The number of rotatable bonds is 6. The van der Waals surface area contributed by atoms with Gasteiger partial charge in [0.25, 0.3) is 0 Å². The van der Waals surface area contributed by atoms with E-state index >= 15 is 0 Å². The van der Waals surface area contributed by atoms with E-state index in [9.17, 15) is 8.78 Å². The maximum absolute atomic E-state index is 14.0. The van der Waals surface area contributed by atoms with Gasteiger partial charge in [0, 0.05) is 53.0 Å². The molecule has 2 aliphatic rings. The van der Waals surface area contributed by atoms with E-state index in [0.29, 0.717) is 36.6 Å². The normalized spacial score (nSPS) is 15.0. The highest BCUT2D eigenvalue weighted by Crippen LogP contribution is 2.41. The Morgan fingerprint density at radius 2 is 1.85 bits per heavy atom. The first-order valence-electron chi connectivity index (χ1n) is 13.4. The van der Waals surface area contributed by atoms with Gasteiger partial charge in [-0.25, -0.2) is 13.8 Å². The van der Waals surface area contributed by atoms with Crippen molar-refractivity contribution < 1.29 is 13.5 Å². The van der Waals surface area contributed by atoms with Crippen molar-refractivity contribution in [2.75, 3.05) is 13.2 Å². The Hall–Kier alpha value is -3.80. The molecule has 1 unspecified atom stereocenters. The Balaban J connectivity index is 0.00000115. The summed E-state index contributed by atoms with van der Waals surface area (Å²) in [6, 6.07) is 14.5. The predicted molar refractivity (Wildman–Crippen MR) is 156 cm³/mol. The SMILES string of the molecule is C.CC.Cc1cc(C(NCCc2cc3c(c(-c4ccc(F)c(F)c4)n2)OCC3C)=C2CC2)cc2cccnc12. The minimum Gasteiger partial charge on any atom is -0.490 e. The third-order valence-electron chi connectivity index (χ3n) is 6.98. The van der Waals surface area contributed by atoms with Gasteiger partial charge in [-0.3, -0.25) is 4.98 Å². The molecule has 0 amide bonds. The van der Waals surface area contributed by atoms with Crippen LogP contribution in [0, 0.1) is 18.6 Å². The molecule has 4 nitrogen and oxygen atoms in total. The molecule has 3 heterocycles. The van der Waals surface area contributed by atoms with Crippen molar-refractivity contribution in [2.24, 2.45) is 0 Å². The number of nitrogens with one attached hydrogen (secondary N) is 1. The minimum absolute atomic E-state index is 0. The van der Waals surface area contributed by atoms with E-state index in [-0.39, 0.29) is 13.3 Å². The van der Waals surface area contributed by atoms with Gasteiger partial charge in [-0.2, -0.15) is 0 Å². The molecular weight excluding hydrogens is 492 g/mol. The van der Waals surface area contributed by atoms with Crippen molar-refractivity contribution in [3.05, 3.63) is 94.3 Å². The Morgan fingerprint density at radius 3 is 2.59 bits per heavy atom. The quantitative estimate of drug-likeness (QED) is 0.273. The molecule has 6 heteroatoms. The van der Waals surface area contributed by atoms with E-state index in [4.69, 9.17) is 9.72 Å². The van der Waals surface area contributed by atoms with Gasteiger partial charge in [0.15, 0.2) is 11.6 Å². The molecule has 1 atom stereocenters. The van der Waals surface area contributed by atoms with Crippen molar-refractivity contribution in [2.45, 2.75) is 60.3 Å². The largest absolute Gasteiger partial charge is 0.490 e. The van der Waals surface area contributed by atoms with Gasteiger partial charge in [-0.1, -0.05) is 34.3 Å². The minimum atomic E-state index is -0.886. The molecule has 1 N–H and O–H groups in total. The van der Waals surface area contributed by atoms with Crippen LogP contribution in [0.4, 0.5) is 8.78 Å². The van der Waals surface area contributed by atoms with Crippen molar-refractivity contribution in [1.29, 1.82) is 0 Å². The van der Waals surface area contributed by atoms with Crippen molar-refractivity contribution >= 4 is 16.6 Å². The van der Waals surface area contributed by atoms with Crippen LogP contribution in [0.3, 0.4) is 0 Å². The van der Waals surface area contributed by atoms with Crippen molar-refractivity contribution in [1.82, 2.24) is 15.3 Å². The van der Waals surface area contributed by atoms with Crippen LogP contribution in [0.25, 0.3) is 27.9 Å². The summed E-state index contributed by atoms with van der Waals surface area (Å²) < 4.78 is 33.4. The maximum atomic E-state index is 14.0. The summed E-state index contributed by atoms with van der Waals surface area (Å²) in [5.74, 6) is -0.864. The molecule has 2 aromatic carbocycles. The van der Waals surface area contributed by atoms with Crippen molar-refractivity contribution in [3.63, 3.8) is 0 Å². The molecule has 1 aliphatic carbocycles. The van der Waals surface area contributed by atoms with Gasteiger partial charge in [0.1, 0.15) is 11.4 Å². The monoisotopic (exact) mass is 529 g/mol. The second-order valence-corrected chi connectivity index (χ2v) is 9.75. The van der Waals surface area contributed by atoms with E-state index < -0.39 is 11.6 Å². The number of nitrogens with zero attached hydrogens (tertiary/aromatic N) is 2. The number of hydrogen-bond donors (Lipinski definition) is 1. The van der Waals surface area contributed by atoms with E-state index in [2.05, 4.69) is 48.4 Å². The summed E-state index contributed by atoms with van der Waals surface area (Å²) in [6.45, 7) is 9.48. The lowest BCUT2D eigenvalue weighted by Gasteiger charge is -2.15. The van der Waals surface area contributed by atoms with Crippen LogP contribution in [-0.2, 0) is 6.42 Å². The number of ether oxygens (including phenoxy) is 1. The highest BCUT2D eigenvalue weighted by atomic mass is 19.2. The van der Waals surface area contributed by atoms with E-state index in [1.807, 2.05) is 26.1 Å². The molecule has 6 rings (SSSR count). The fraction of sp³-hybridized carbons (Fsp3) is 0.333. The topological polar surface area (TPSA) is 47.0 Å². The van der Waals surface area contributed by atoms with Gasteiger partial charge >= 0.3 is 0 Å². The Kier molecular flexibility index (Phi) is 8.63. The highest BCUT2D eigenvalue weighted by molar-refractivity contribution is 5.86. The number of pyridine rings is 2. The number of fused-ring (bicyclic) bond motifs is 2. The average Bonchev–Trinajstić information content (AvgIpc) is 3.71. The summed E-state index contributed by atoms with van der Waals surface area (Å²) >= 11 is 0. The Bertz CT molecular complexity index is 1520. The molecular formula is C33H37F2N3O. The molecule has 0 saturated heterocycles. The lowest BCUT2D eigenvalue weighted by atomic mass is 9.99. The third-order valence-corrected chi connectivity index (χ3v) is 6.98. The number of aromatic nitrogens is 2. The molecule has 2 aromatic heterocycles. The Morgan fingerprint density at radius 1 is 1.05 bits per heavy atom. The highest BCUT2D eigenvalue weighted by Gasteiger charge is 2.26. The van der Waals surface area contributed by atoms with Crippen LogP contribution in [0.5, 0.6) is 5.75 Å². The fourth-order valence-electron chi connectivity index (χ4n) is 4.97. The summed E-state index contributed by atoms with van der Waals surface area (Å²) in [5.41, 5.74) is 9.08. The average molecular weight is 530 g/mol. The molecule has 0 bridgehead atoms. The van der Waals surface area contributed by atoms with Crippen LogP contribution < -0.4 is 10.1 Å². The predicted octanol–water partition coefficient (Wildman–Crippen LogP) is 8.38. The van der Waals surface area contributed by atoms with Crippen LogP contribution in [0.1, 0.15) is 69.3 Å². The van der Waals surface area contributed by atoms with Crippen LogP contribution >= 0.6 is 0 Å². The van der Waals surface area contributed by atoms with Crippen molar-refractivity contribution in [3.8, 4) is 17.0 Å². The zero-order chi connectivity index (χ0) is 26.8. The van der Waals surface area contributed by atoms with Crippen LogP contribution in [0.2, 0.25) is 0 Å². The first kappa shape index (κ1) is 28.2. The standard InChI is InChI=1S/C30H27F2N3O.C2H6.CH4/c1-17-12-22(13-20-4-3-10-33-27(17)20)28(19-5-6-19)34-11-9-23-15-24-18(2)16-36-30(24)29(35-23)21-7-8-25(31)26(32)14-21;1-2;/h3-4,7-8,10,12-15,18,34H,5-6,9,11,16H2,1-2H3;1-2H3;1H4. The zero-order valence-electron chi connectivity index (χ0n) is 22.4. The molecule has 0 spiro atoms. The summed E-state index contributed by atoms with van der Waals surface area (Å²) in [5, 5.41) is 4.81. The summed E-state index contributed by atoms with van der Waals surface area (Å²) in [7, 11) is 0. The molecule has 204 valence electrons. The van der Waals surface area contributed by atoms with Gasteiger partial charge in [-0.05, 0) is 78.9 Å². The van der Waals surface area contributed by atoms with Gasteiger partial charge in [0.05, 0.1) is 12.1 Å². The second-order valence-electron chi connectivity index (χ2n) is 9.75. The smallest absolute Gasteiger partial charge is 0.159 e. The molecule has 1 fully saturated rings. The lowest BCUT2D eigenvalue weighted by molar-refractivity contribution is 0.337. The molecule has 0 radical (unpaired) electrons. The summed E-state index contributed by atoms with van der Waals surface area (Å²) in [6.07, 6.45) is 4.75. The van der Waals surface area contributed by atoms with E-state index in [1.165, 1.54) is 22.9 Å². The second kappa shape index (κ2) is 11.9. The summed E-state index contributed by atoms with van der Waals surface area (Å²) in [4.78, 5) is 9.35. The number of halogens is 2. The van der Waals surface area contributed by atoms with Gasteiger partial charge in [-0.15, -0.1) is 0 Å². The first-order valence-corrected chi connectivity index (χ1v) is 13.4. The maximum Gasteiger partial charge on any atom is 0.159 e. The number of aryl methyl sites for hydroxylation is 1. The fourth-order valence-corrected chi connectivity index (χ4v) is 4.97. The van der Waals surface area contributed by atoms with Crippen LogP contribution in [0.15, 0.2) is 60.3 Å². The number of allylic oxidation sites excluding steroid dienone is 1. The first-order chi connectivity index (χ1) is 18.5. The molecule has 39 heavy (non-hydrogen) atoms. The Labute approximate surface area is 230 Å². The van der Waals surface area contributed by atoms with Gasteiger partial charge < -0.3 is 10.1 Å². The number of hydrogen-bond acceptors (Lipinski definition) is 4. The zero-order valence-corrected chi connectivity index (χ0v) is 22.4.